The van der Waals surface area contributed by atoms with Crippen LogP contribution in [0.3, 0.4) is 0 Å². The highest BCUT2D eigenvalue weighted by molar-refractivity contribution is 5.81. The molecule has 0 radical (unpaired) electrons. The standard InChI is InChI=1S/C26H34N4O6/c1-4-36-20-9-10-22-21(13-20)25(33)30(26(34)27-22)15-18-5-7-19(8-6-18)24(32)29-12-11-28(14-17(29)2)23(31)16-35-3/h4,9-10,13,17-19H,1,5-8,11-12,14-16H2,2-3H3,(H,27,34)/t17-,18?,19?/m1/s1. The van der Waals surface area contributed by atoms with E-state index in [1.165, 1.54) is 17.9 Å². The molecule has 1 aliphatic carbocycles. The van der Waals surface area contributed by atoms with E-state index in [1.54, 1.807) is 23.1 Å². The van der Waals surface area contributed by atoms with Crippen LogP contribution in [0.1, 0.15) is 32.6 Å². The zero-order valence-corrected chi connectivity index (χ0v) is 20.9. The van der Waals surface area contributed by atoms with Gasteiger partial charge in [-0.3, -0.25) is 19.0 Å². The van der Waals surface area contributed by atoms with Crippen LogP contribution in [0.15, 0.2) is 40.6 Å². The molecule has 1 aromatic carbocycles. The van der Waals surface area contributed by atoms with Crippen molar-refractivity contribution in [2.45, 2.75) is 45.2 Å². The number of nitrogens with one attached hydrogen (secondary N) is 1. The average Bonchev–Trinajstić information content (AvgIpc) is 2.87. The van der Waals surface area contributed by atoms with Crippen molar-refractivity contribution in [3.63, 3.8) is 0 Å². The van der Waals surface area contributed by atoms with Gasteiger partial charge in [0.15, 0.2) is 0 Å². The molecule has 0 unspecified atom stereocenters. The van der Waals surface area contributed by atoms with Crippen LogP contribution in [0.4, 0.5) is 0 Å². The lowest BCUT2D eigenvalue weighted by Crippen LogP contribution is -2.57. The first-order chi connectivity index (χ1) is 17.3. The van der Waals surface area contributed by atoms with Gasteiger partial charge in [0.25, 0.3) is 5.56 Å². The topological polar surface area (TPSA) is 114 Å². The van der Waals surface area contributed by atoms with Gasteiger partial charge < -0.3 is 24.3 Å². The number of aromatic amines is 1. The van der Waals surface area contributed by atoms with E-state index in [2.05, 4.69) is 11.6 Å². The Morgan fingerprint density at radius 2 is 1.92 bits per heavy atom. The monoisotopic (exact) mass is 498 g/mol. The molecule has 1 N–H and O–H groups in total. The second-order valence-corrected chi connectivity index (χ2v) is 9.71. The fourth-order valence-corrected chi connectivity index (χ4v) is 5.38. The highest BCUT2D eigenvalue weighted by atomic mass is 16.5. The van der Waals surface area contributed by atoms with Gasteiger partial charge >= 0.3 is 5.69 Å². The number of benzene rings is 1. The molecule has 1 aliphatic heterocycles. The van der Waals surface area contributed by atoms with Crippen LogP contribution in [0.5, 0.6) is 5.75 Å². The summed E-state index contributed by atoms with van der Waals surface area (Å²) < 4.78 is 11.5. The van der Waals surface area contributed by atoms with Gasteiger partial charge in [-0.1, -0.05) is 6.58 Å². The molecule has 2 aromatic rings. The summed E-state index contributed by atoms with van der Waals surface area (Å²) in [6.07, 6.45) is 4.25. The van der Waals surface area contributed by atoms with E-state index < -0.39 is 5.69 Å². The summed E-state index contributed by atoms with van der Waals surface area (Å²) in [5.74, 6) is 0.620. The van der Waals surface area contributed by atoms with Crippen LogP contribution in [0, 0.1) is 11.8 Å². The van der Waals surface area contributed by atoms with Gasteiger partial charge in [-0.15, -0.1) is 0 Å². The number of carbonyl (C=O) groups excluding carboxylic acids is 2. The maximum atomic E-state index is 13.2. The Morgan fingerprint density at radius 1 is 1.17 bits per heavy atom. The number of H-pyrrole nitrogens is 1. The van der Waals surface area contributed by atoms with E-state index in [-0.39, 0.29) is 41.9 Å². The molecule has 1 aromatic heterocycles. The number of hydrogen-bond acceptors (Lipinski definition) is 6. The van der Waals surface area contributed by atoms with Crippen LogP contribution in [-0.4, -0.2) is 70.6 Å². The maximum absolute atomic E-state index is 13.2. The lowest BCUT2D eigenvalue weighted by molar-refractivity contribution is -0.147. The van der Waals surface area contributed by atoms with Gasteiger partial charge in [-0.2, -0.15) is 0 Å². The van der Waals surface area contributed by atoms with Gasteiger partial charge in [-0.25, -0.2) is 4.79 Å². The first kappa shape index (κ1) is 25.7. The minimum Gasteiger partial charge on any atom is -0.466 e. The smallest absolute Gasteiger partial charge is 0.328 e. The Labute approximate surface area is 209 Å². The number of amides is 2. The number of hydrogen-bond donors (Lipinski definition) is 1. The fourth-order valence-electron chi connectivity index (χ4n) is 5.38. The third-order valence-corrected chi connectivity index (χ3v) is 7.34. The first-order valence-electron chi connectivity index (χ1n) is 12.4. The van der Waals surface area contributed by atoms with Crippen LogP contribution in [0.2, 0.25) is 0 Å². The second-order valence-electron chi connectivity index (χ2n) is 9.71. The molecule has 2 aliphatic rings. The van der Waals surface area contributed by atoms with E-state index in [9.17, 15) is 19.2 Å². The highest BCUT2D eigenvalue weighted by Crippen LogP contribution is 2.31. The Morgan fingerprint density at radius 3 is 2.58 bits per heavy atom. The molecule has 2 heterocycles. The van der Waals surface area contributed by atoms with Crippen LogP contribution in [-0.2, 0) is 20.9 Å². The van der Waals surface area contributed by atoms with E-state index in [0.29, 0.717) is 42.8 Å². The highest BCUT2D eigenvalue weighted by Gasteiger charge is 2.35. The molecule has 10 nitrogen and oxygen atoms in total. The van der Waals surface area contributed by atoms with Crippen molar-refractivity contribution < 1.29 is 19.1 Å². The normalized spacial score (nSPS) is 22.4. The Kier molecular flexibility index (Phi) is 7.93. The molecule has 1 saturated carbocycles. The second kappa shape index (κ2) is 11.1. The summed E-state index contributed by atoms with van der Waals surface area (Å²) in [5.41, 5.74) is -0.320. The number of ether oxygens (including phenoxy) is 2. The summed E-state index contributed by atoms with van der Waals surface area (Å²) >= 11 is 0. The van der Waals surface area contributed by atoms with Crippen molar-refractivity contribution in [1.82, 2.24) is 19.4 Å². The van der Waals surface area contributed by atoms with E-state index >= 15 is 0 Å². The largest absolute Gasteiger partial charge is 0.466 e. The molecule has 194 valence electrons. The Bertz CT molecular complexity index is 1240. The molecule has 36 heavy (non-hydrogen) atoms. The number of carbonyl (C=O) groups is 2. The zero-order chi connectivity index (χ0) is 25.8. The maximum Gasteiger partial charge on any atom is 0.328 e. The van der Waals surface area contributed by atoms with Gasteiger partial charge in [0.1, 0.15) is 12.4 Å². The van der Waals surface area contributed by atoms with Gasteiger partial charge in [0.2, 0.25) is 11.8 Å². The number of rotatable bonds is 7. The quantitative estimate of drug-likeness (QED) is 0.582. The van der Waals surface area contributed by atoms with Crippen molar-refractivity contribution >= 4 is 22.7 Å². The molecular weight excluding hydrogens is 464 g/mol. The molecule has 2 fully saturated rings. The molecule has 0 bridgehead atoms. The number of fused-ring (bicyclic) bond motifs is 1. The molecule has 10 heteroatoms. The van der Waals surface area contributed by atoms with E-state index in [0.717, 1.165) is 25.7 Å². The van der Waals surface area contributed by atoms with Gasteiger partial charge in [0, 0.05) is 45.2 Å². The number of methoxy groups -OCH3 is 1. The molecule has 1 atom stereocenters. The van der Waals surface area contributed by atoms with Crippen LogP contribution >= 0.6 is 0 Å². The van der Waals surface area contributed by atoms with Crippen molar-refractivity contribution in [3.05, 3.63) is 51.9 Å². The number of aromatic nitrogens is 2. The molecule has 4 rings (SSSR count). The predicted octanol–water partition coefficient (Wildman–Crippen LogP) is 1.72. The van der Waals surface area contributed by atoms with Gasteiger partial charge in [-0.05, 0) is 56.7 Å². The molecule has 1 saturated heterocycles. The number of nitrogens with zero attached hydrogens (tertiary/aromatic N) is 3. The van der Waals surface area contributed by atoms with Crippen molar-refractivity contribution in [3.8, 4) is 5.75 Å². The van der Waals surface area contributed by atoms with Crippen LogP contribution in [0.25, 0.3) is 10.9 Å². The molecule has 2 amide bonds. The summed E-state index contributed by atoms with van der Waals surface area (Å²) in [7, 11) is 1.50. The molecular formula is C26H34N4O6. The van der Waals surface area contributed by atoms with Gasteiger partial charge in [0.05, 0.1) is 17.2 Å². The summed E-state index contributed by atoms with van der Waals surface area (Å²) in [6, 6.07) is 4.87. The third-order valence-electron chi connectivity index (χ3n) is 7.34. The van der Waals surface area contributed by atoms with E-state index in [1.807, 2.05) is 11.8 Å². The van der Waals surface area contributed by atoms with Crippen molar-refractivity contribution in [1.29, 1.82) is 0 Å². The van der Waals surface area contributed by atoms with Crippen molar-refractivity contribution in [2.75, 3.05) is 33.4 Å². The molecule has 0 spiro atoms. The lowest BCUT2D eigenvalue weighted by Gasteiger charge is -2.42. The minimum absolute atomic E-state index is 0.0468. The zero-order valence-electron chi connectivity index (χ0n) is 20.9. The Hall–Kier alpha value is -3.40. The van der Waals surface area contributed by atoms with Crippen LogP contribution < -0.4 is 16.0 Å². The first-order valence-corrected chi connectivity index (χ1v) is 12.4. The SMILES string of the molecule is C=COc1ccc2[nH]c(=O)n(CC3CCC(C(=O)N4CCN(C(=O)COC)C[C@H]4C)CC3)c(=O)c2c1. The fraction of sp³-hybridized carbons (Fsp3) is 0.538. The lowest BCUT2D eigenvalue weighted by atomic mass is 9.81. The van der Waals surface area contributed by atoms with E-state index in [4.69, 9.17) is 9.47 Å². The summed E-state index contributed by atoms with van der Waals surface area (Å²) in [6.45, 7) is 7.41. The number of piperazine rings is 1. The average molecular weight is 499 g/mol. The minimum atomic E-state index is -0.433. The van der Waals surface area contributed by atoms with Crippen molar-refractivity contribution in [2.24, 2.45) is 11.8 Å². The Balaban J connectivity index is 1.37. The third kappa shape index (κ3) is 5.38. The summed E-state index contributed by atoms with van der Waals surface area (Å²) in [5, 5.41) is 0.384. The predicted molar refractivity (Wildman–Crippen MR) is 135 cm³/mol. The summed E-state index contributed by atoms with van der Waals surface area (Å²) in [4.78, 5) is 57.5.